The third-order valence-electron chi connectivity index (χ3n) is 2.67. The highest BCUT2D eigenvalue weighted by molar-refractivity contribution is 6.51. The van der Waals surface area contributed by atoms with Crippen LogP contribution in [0.25, 0.3) is 0 Å². The van der Waals surface area contributed by atoms with Gasteiger partial charge in [-0.05, 0) is 36.6 Å². The van der Waals surface area contributed by atoms with Gasteiger partial charge in [0.1, 0.15) is 0 Å². The minimum Gasteiger partial charge on any atom is -0.423 e. The molecule has 0 heterocycles. The minimum atomic E-state index is -1.18. The highest BCUT2D eigenvalue weighted by atomic mass is 16.4. The zero-order valence-electron chi connectivity index (χ0n) is 5.83. The van der Waals surface area contributed by atoms with E-state index in [0.29, 0.717) is 11.8 Å². The van der Waals surface area contributed by atoms with E-state index in [-0.39, 0.29) is 0 Å². The van der Waals surface area contributed by atoms with Gasteiger partial charge in [-0.1, -0.05) is 6.08 Å². The average molecular weight is 138 g/mol. The van der Waals surface area contributed by atoms with Crippen molar-refractivity contribution < 1.29 is 10.0 Å². The Labute approximate surface area is 60.7 Å². The lowest BCUT2D eigenvalue weighted by Crippen LogP contribution is -2.19. The lowest BCUT2D eigenvalue weighted by Gasteiger charge is -2.10. The molecule has 0 aromatic rings. The summed E-state index contributed by atoms with van der Waals surface area (Å²) in [6, 6.07) is 0. The molecule has 0 saturated heterocycles. The summed E-state index contributed by atoms with van der Waals surface area (Å²) in [6.07, 6.45) is 5.61. The normalized spacial score (nSPS) is 36.4. The summed E-state index contributed by atoms with van der Waals surface area (Å²) in [7, 11) is -1.18. The molecular weight excluding hydrogens is 127 g/mol. The van der Waals surface area contributed by atoms with Crippen LogP contribution in [-0.4, -0.2) is 17.2 Å². The predicted molar refractivity (Wildman–Crippen MR) is 39.1 cm³/mol. The molecule has 0 aromatic heterocycles. The van der Waals surface area contributed by atoms with Crippen molar-refractivity contribution in [2.24, 2.45) is 11.8 Å². The Bertz CT molecular complexity index is 176. The van der Waals surface area contributed by atoms with E-state index in [1.165, 1.54) is 6.42 Å². The fourth-order valence-corrected chi connectivity index (χ4v) is 2.18. The summed E-state index contributed by atoms with van der Waals surface area (Å²) in [5.41, 5.74) is 0.872. The number of allylic oxidation sites excluding steroid dienone is 2. The van der Waals surface area contributed by atoms with Crippen molar-refractivity contribution in [3.05, 3.63) is 11.5 Å². The van der Waals surface area contributed by atoms with Gasteiger partial charge in [0.15, 0.2) is 0 Å². The lowest BCUT2D eigenvalue weighted by molar-refractivity contribution is 0.409. The lowest BCUT2D eigenvalue weighted by atomic mass is 9.72. The molecule has 3 heteroatoms. The van der Waals surface area contributed by atoms with Gasteiger partial charge >= 0.3 is 7.12 Å². The Hall–Kier alpha value is -0.275. The van der Waals surface area contributed by atoms with Gasteiger partial charge in [0, 0.05) is 0 Å². The highest BCUT2D eigenvalue weighted by Crippen LogP contribution is 2.43. The molecule has 2 atom stereocenters. The van der Waals surface area contributed by atoms with E-state index in [4.69, 9.17) is 10.0 Å². The van der Waals surface area contributed by atoms with Crippen LogP contribution < -0.4 is 0 Å². The molecule has 2 rings (SSSR count). The second-order valence-electron chi connectivity index (χ2n) is 3.31. The number of hydrogen-bond donors (Lipinski definition) is 2. The summed E-state index contributed by atoms with van der Waals surface area (Å²) in [4.78, 5) is 0. The van der Waals surface area contributed by atoms with E-state index >= 15 is 0 Å². The molecule has 1 fully saturated rings. The van der Waals surface area contributed by atoms with E-state index in [2.05, 4.69) is 0 Å². The molecule has 0 radical (unpaired) electrons. The molecule has 0 aliphatic heterocycles. The van der Waals surface area contributed by atoms with E-state index in [0.717, 1.165) is 18.3 Å². The summed E-state index contributed by atoms with van der Waals surface area (Å²) in [6.45, 7) is 0. The SMILES string of the molecule is OB(O)C1=C[C@H]2CC[C@H]1C2. The number of hydrogen-bond acceptors (Lipinski definition) is 2. The quantitative estimate of drug-likeness (QED) is 0.513. The Morgan fingerprint density at radius 3 is 2.50 bits per heavy atom. The topological polar surface area (TPSA) is 40.5 Å². The first-order valence-corrected chi connectivity index (χ1v) is 3.85. The van der Waals surface area contributed by atoms with Gasteiger partial charge in [-0.2, -0.15) is 0 Å². The number of rotatable bonds is 1. The van der Waals surface area contributed by atoms with Crippen LogP contribution in [0.2, 0.25) is 0 Å². The molecule has 2 aliphatic rings. The first-order valence-electron chi connectivity index (χ1n) is 3.85. The molecule has 2 N–H and O–H groups in total. The summed E-state index contributed by atoms with van der Waals surface area (Å²) in [5.74, 6) is 1.15. The summed E-state index contributed by atoms with van der Waals surface area (Å²) >= 11 is 0. The first-order chi connectivity index (χ1) is 4.77. The summed E-state index contributed by atoms with van der Waals surface area (Å²) in [5, 5.41) is 17.7. The van der Waals surface area contributed by atoms with Crippen molar-refractivity contribution >= 4 is 7.12 Å². The zero-order chi connectivity index (χ0) is 7.14. The van der Waals surface area contributed by atoms with Crippen LogP contribution in [0.1, 0.15) is 19.3 Å². The second-order valence-corrected chi connectivity index (χ2v) is 3.31. The average Bonchev–Trinajstić information content (AvgIpc) is 2.44. The van der Waals surface area contributed by atoms with Crippen molar-refractivity contribution in [3.63, 3.8) is 0 Å². The van der Waals surface area contributed by atoms with E-state index in [9.17, 15) is 0 Å². The van der Waals surface area contributed by atoms with Crippen molar-refractivity contribution in [1.82, 2.24) is 0 Å². The monoisotopic (exact) mass is 138 g/mol. The van der Waals surface area contributed by atoms with Crippen LogP contribution in [0.4, 0.5) is 0 Å². The maximum absolute atomic E-state index is 8.86. The smallest absolute Gasteiger partial charge is 0.423 e. The molecule has 2 aliphatic carbocycles. The molecule has 0 unspecified atom stereocenters. The van der Waals surface area contributed by atoms with Crippen LogP contribution in [0.3, 0.4) is 0 Å². The minimum absolute atomic E-state index is 0.491. The van der Waals surface area contributed by atoms with Crippen LogP contribution >= 0.6 is 0 Å². The maximum atomic E-state index is 8.86. The fraction of sp³-hybridized carbons (Fsp3) is 0.714. The van der Waals surface area contributed by atoms with Gasteiger partial charge in [0.05, 0.1) is 0 Å². The van der Waals surface area contributed by atoms with Crippen molar-refractivity contribution in [3.8, 4) is 0 Å². The third-order valence-corrected chi connectivity index (χ3v) is 2.67. The molecule has 54 valence electrons. The largest absolute Gasteiger partial charge is 0.484 e. The van der Waals surface area contributed by atoms with Gasteiger partial charge in [-0.3, -0.25) is 0 Å². The van der Waals surface area contributed by atoms with Gasteiger partial charge < -0.3 is 10.0 Å². The standard InChI is InChI=1S/C7H11BO2/c9-8(10)7-4-5-1-2-6(7)3-5/h4-6,9-10H,1-3H2/t5-,6-/m0/s1. The maximum Gasteiger partial charge on any atom is 0.484 e. The highest BCUT2D eigenvalue weighted by Gasteiger charge is 2.37. The Morgan fingerprint density at radius 2 is 2.20 bits per heavy atom. The predicted octanol–water partition coefficient (Wildman–Crippen LogP) is 0.355. The van der Waals surface area contributed by atoms with Crippen molar-refractivity contribution in [1.29, 1.82) is 0 Å². The van der Waals surface area contributed by atoms with E-state index in [1.54, 1.807) is 0 Å². The zero-order valence-corrected chi connectivity index (χ0v) is 5.83. The van der Waals surface area contributed by atoms with Crippen LogP contribution in [0.15, 0.2) is 11.5 Å². The fourth-order valence-electron chi connectivity index (χ4n) is 2.18. The molecule has 1 saturated carbocycles. The van der Waals surface area contributed by atoms with Gasteiger partial charge in [0.25, 0.3) is 0 Å². The first kappa shape index (κ1) is 6.44. The van der Waals surface area contributed by atoms with Gasteiger partial charge in [0.2, 0.25) is 0 Å². The Balaban J connectivity index is 2.17. The van der Waals surface area contributed by atoms with Gasteiger partial charge in [-0.15, -0.1) is 0 Å². The van der Waals surface area contributed by atoms with Crippen LogP contribution in [0.5, 0.6) is 0 Å². The molecule has 2 bridgehead atoms. The van der Waals surface area contributed by atoms with Crippen molar-refractivity contribution in [2.75, 3.05) is 0 Å². The van der Waals surface area contributed by atoms with E-state index < -0.39 is 7.12 Å². The molecule has 0 spiro atoms. The Kier molecular flexibility index (Phi) is 1.36. The van der Waals surface area contributed by atoms with Crippen molar-refractivity contribution in [2.45, 2.75) is 19.3 Å². The van der Waals surface area contributed by atoms with E-state index in [1.807, 2.05) is 6.08 Å². The summed E-state index contributed by atoms with van der Waals surface area (Å²) < 4.78 is 0. The molecule has 0 aromatic carbocycles. The second kappa shape index (κ2) is 2.11. The Morgan fingerprint density at radius 1 is 1.40 bits per heavy atom. The third kappa shape index (κ3) is 0.813. The molecule has 10 heavy (non-hydrogen) atoms. The molecular formula is C7H11BO2. The molecule has 2 nitrogen and oxygen atoms in total. The number of fused-ring (bicyclic) bond motifs is 2. The van der Waals surface area contributed by atoms with Gasteiger partial charge in [-0.25, -0.2) is 0 Å². The molecule has 0 amide bonds. The van der Waals surface area contributed by atoms with Crippen LogP contribution in [0, 0.1) is 11.8 Å². The van der Waals surface area contributed by atoms with Crippen LogP contribution in [-0.2, 0) is 0 Å².